The van der Waals surface area contributed by atoms with Gasteiger partial charge in [-0.1, -0.05) is 20.3 Å². The van der Waals surface area contributed by atoms with Crippen molar-refractivity contribution in [3.8, 4) is 0 Å². The van der Waals surface area contributed by atoms with Crippen LogP contribution >= 0.6 is 0 Å². The van der Waals surface area contributed by atoms with Crippen molar-refractivity contribution < 1.29 is 9.53 Å². The van der Waals surface area contributed by atoms with E-state index in [1.54, 1.807) is 0 Å². The minimum Gasteiger partial charge on any atom is -0.368 e. The normalized spacial score (nSPS) is 23.9. The van der Waals surface area contributed by atoms with Crippen LogP contribution in [0.5, 0.6) is 0 Å². The summed E-state index contributed by atoms with van der Waals surface area (Å²) in [5.41, 5.74) is 0. The maximum atomic E-state index is 11.5. The molecule has 106 valence electrons. The Kier molecular flexibility index (Phi) is 8.01. The summed E-state index contributed by atoms with van der Waals surface area (Å²) in [6.07, 6.45) is 6.89. The molecule has 2 N–H and O–H groups in total. The number of carbonyl (C=O) groups is 1. The Morgan fingerprint density at radius 3 is 2.56 bits per heavy atom. The molecule has 0 aliphatic heterocycles. The van der Waals surface area contributed by atoms with Crippen LogP contribution in [0, 0.1) is 0 Å². The van der Waals surface area contributed by atoms with Crippen LogP contribution in [0.2, 0.25) is 0 Å². The maximum absolute atomic E-state index is 11.5. The first kappa shape index (κ1) is 15.4. The van der Waals surface area contributed by atoms with Gasteiger partial charge in [0.05, 0.1) is 6.10 Å². The Morgan fingerprint density at radius 1 is 1.22 bits per heavy atom. The predicted molar refractivity (Wildman–Crippen MR) is 73.6 cm³/mol. The molecule has 0 radical (unpaired) electrons. The largest absolute Gasteiger partial charge is 0.368 e. The summed E-state index contributed by atoms with van der Waals surface area (Å²) in [5, 5.41) is 6.35. The maximum Gasteiger partial charge on any atom is 0.246 e. The lowest BCUT2D eigenvalue weighted by atomic mass is 9.93. The number of hydrogen-bond acceptors (Lipinski definition) is 3. The van der Waals surface area contributed by atoms with Crippen molar-refractivity contribution in [2.75, 3.05) is 19.7 Å². The van der Waals surface area contributed by atoms with Crippen molar-refractivity contribution in [2.45, 2.75) is 64.5 Å². The third kappa shape index (κ3) is 6.36. The molecule has 0 unspecified atom stereocenters. The van der Waals surface area contributed by atoms with Gasteiger partial charge in [0.1, 0.15) is 6.61 Å². The molecule has 0 saturated heterocycles. The van der Waals surface area contributed by atoms with Crippen molar-refractivity contribution in [1.29, 1.82) is 0 Å². The fourth-order valence-corrected chi connectivity index (χ4v) is 2.37. The predicted octanol–water partition coefficient (Wildman–Crippen LogP) is 1.84. The number of ether oxygens (including phenoxy) is 1. The average molecular weight is 256 g/mol. The summed E-state index contributed by atoms with van der Waals surface area (Å²) in [6, 6.07) is 0.647. The summed E-state index contributed by atoms with van der Waals surface area (Å²) in [7, 11) is 0. The van der Waals surface area contributed by atoms with Crippen LogP contribution in [0.1, 0.15) is 52.4 Å². The van der Waals surface area contributed by atoms with Gasteiger partial charge in [-0.25, -0.2) is 0 Å². The lowest BCUT2D eigenvalue weighted by Crippen LogP contribution is -2.36. The standard InChI is InChI=1S/C14H28N2O2/c1-3-5-10-16-14(17)11-18-13-8-6-12(7-9-13)15-4-2/h12-13,15H,3-11H2,1-2H3,(H,16,17). The molecule has 0 atom stereocenters. The molecule has 0 bridgehead atoms. The Balaban J connectivity index is 2.04. The zero-order valence-electron chi connectivity index (χ0n) is 11.8. The molecule has 1 aliphatic carbocycles. The first-order chi connectivity index (χ1) is 8.76. The van der Waals surface area contributed by atoms with Crippen molar-refractivity contribution in [3.05, 3.63) is 0 Å². The summed E-state index contributed by atoms with van der Waals surface area (Å²) < 4.78 is 5.66. The minimum atomic E-state index is 0.0252. The highest BCUT2D eigenvalue weighted by Crippen LogP contribution is 2.20. The lowest BCUT2D eigenvalue weighted by Gasteiger charge is -2.28. The highest BCUT2D eigenvalue weighted by Gasteiger charge is 2.21. The molecule has 1 fully saturated rings. The van der Waals surface area contributed by atoms with Crippen LogP contribution in [-0.2, 0) is 9.53 Å². The van der Waals surface area contributed by atoms with Gasteiger partial charge in [0.15, 0.2) is 0 Å². The summed E-state index contributed by atoms with van der Waals surface area (Å²) in [6.45, 7) is 6.29. The molecule has 0 aromatic rings. The number of nitrogens with one attached hydrogen (secondary N) is 2. The average Bonchev–Trinajstić information content (AvgIpc) is 2.39. The van der Waals surface area contributed by atoms with Gasteiger partial charge in [-0.3, -0.25) is 4.79 Å². The number of hydrogen-bond donors (Lipinski definition) is 2. The van der Waals surface area contributed by atoms with E-state index in [-0.39, 0.29) is 18.6 Å². The number of unbranched alkanes of at least 4 members (excludes halogenated alkanes) is 1. The molecule has 0 heterocycles. The van der Waals surface area contributed by atoms with Gasteiger partial charge in [-0.2, -0.15) is 0 Å². The fourth-order valence-electron chi connectivity index (χ4n) is 2.37. The Bertz CT molecular complexity index is 226. The van der Waals surface area contributed by atoms with Gasteiger partial charge >= 0.3 is 0 Å². The van der Waals surface area contributed by atoms with E-state index < -0.39 is 0 Å². The number of amides is 1. The van der Waals surface area contributed by atoms with E-state index in [0.29, 0.717) is 6.04 Å². The molecular weight excluding hydrogens is 228 g/mol. The topological polar surface area (TPSA) is 50.4 Å². The smallest absolute Gasteiger partial charge is 0.246 e. The molecule has 0 spiro atoms. The van der Waals surface area contributed by atoms with Gasteiger partial charge in [-0.15, -0.1) is 0 Å². The zero-order chi connectivity index (χ0) is 13.2. The van der Waals surface area contributed by atoms with Crippen molar-refractivity contribution >= 4 is 5.91 Å². The molecule has 1 rings (SSSR count). The molecule has 1 aliphatic rings. The first-order valence-corrected chi connectivity index (χ1v) is 7.38. The molecule has 0 aromatic heterocycles. The van der Waals surface area contributed by atoms with Crippen molar-refractivity contribution in [3.63, 3.8) is 0 Å². The highest BCUT2D eigenvalue weighted by molar-refractivity contribution is 5.77. The third-order valence-corrected chi connectivity index (χ3v) is 3.47. The van der Waals surface area contributed by atoms with Crippen LogP contribution in [0.15, 0.2) is 0 Å². The quantitative estimate of drug-likeness (QED) is 0.652. The Hall–Kier alpha value is -0.610. The van der Waals surface area contributed by atoms with Crippen LogP contribution in [0.4, 0.5) is 0 Å². The highest BCUT2D eigenvalue weighted by atomic mass is 16.5. The summed E-state index contributed by atoms with van der Waals surface area (Å²) in [5.74, 6) is 0.0252. The van der Waals surface area contributed by atoms with Crippen LogP contribution in [0.3, 0.4) is 0 Å². The number of carbonyl (C=O) groups excluding carboxylic acids is 1. The second-order valence-electron chi connectivity index (χ2n) is 5.05. The van der Waals surface area contributed by atoms with Crippen LogP contribution < -0.4 is 10.6 Å². The summed E-state index contributed by atoms with van der Waals surface area (Å²) >= 11 is 0. The minimum absolute atomic E-state index is 0.0252. The molecule has 4 heteroatoms. The van der Waals surface area contributed by atoms with E-state index in [4.69, 9.17) is 4.74 Å². The van der Waals surface area contributed by atoms with Crippen molar-refractivity contribution in [2.24, 2.45) is 0 Å². The van der Waals surface area contributed by atoms with E-state index in [2.05, 4.69) is 24.5 Å². The monoisotopic (exact) mass is 256 g/mol. The van der Waals surface area contributed by atoms with Gasteiger partial charge in [0, 0.05) is 12.6 Å². The molecule has 1 saturated carbocycles. The van der Waals surface area contributed by atoms with E-state index >= 15 is 0 Å². The Morgan fingerprint density at radius 2 is 1.94 bits per heavy atom. The van der Waals surface area contributed by atoms with Gasteiger partial charge in [0.25, 0.3) is 0 Å². The van der Waals surface area contributed by atoms with Gasteiger partial charge < -0.3 is 15.4 Å². The van der Waals surface area contributed by atoms with Crippen LogP contribution in [-0.4, -0.2) is 37.7 Å². The lowest BCUT2D eigenvalue weighted by molar-refractivity contribution is -0.128. The van der Waals surface area contributed by atoms with E-state index in [1.807, 2.05) is 0 Å². The van der Waals surface area contributed by atoms with E-state index in [1.165, 1.54) is 0 Å². The molecule has 18 heavy (non-hydrogen) atoms. The fraction of sp³-hybridized carbons (Fsp3) is 0.929. The second-order valence-corrected chi connectivity index (χ2v) is 5.05. The number of rotatable bonds is 8. The summed E-state index contributed by atoms with van der Waals surface area (Å²) in [4.78, 5) is 11.5. The molecular formula is C14H28N2O2. The first-order valence-electron chi connectivity index (χ1n) is 7.38. The van der Waals surface area contributed by atoms with Gasteiger partial charge in [0.2, 0.25) is 5.91 Å². The zero-order valence-corrected chi connectivity index (χ0v) is 11.8. The SMILES string of the molecule is CCCCNC(=O)COC1CCC(NCC)CC1. The second kappa shape index (κ2) is 9.34. The van der Waals surface area contributed by atoms with E-state index in [9.17, 15) is 4.79 Å². The Labute approximate surface area is 111 Å². The van der Waals surface area contributed by atoms with Gasteiger partial charge in [-0.05, 0) is 38.6 Å². The molecule has 1 amide bonds. The van der Waals surface area contributed by atoms with E-state index in [0.717, 1.165) is 51.6 Å². The molecule has 4 nitrogen and oxygen atoms in total. The molecule has 0 aromatic carbocycles. The van der Waals surface area contributed by atoms with Crippen molar-refractivity contribution in [1.82, 2.24) is 10.6 Å². The third-order valence-electron chi connectivity index (χ3n) is 3.47. The van der Waals surface area contributed by atoms with Crippen LogP contribution in [0.25, 0.3) is 0 Å².